The van der Waals surface area contributed by atoms with E-state index in [-0.39, 0.29) is 13.2 Å². The van der Waals surface area contributed by atoms with Crippen LogP contribution >= 0.6 is 0 Å². The van der Waals surface area contributed by atoms with Crippen molar-refractivity contribution in [2.75, 3.05) is 26.4 Å². The van der Waals surface area contributed by atoms with Crippen molar-refractivity contribution in [3.63, 3.8) is 0 Å². The van der Waals surface area contributed by atoms with E-state index >= 15 is 0 Å². The van der Waals surface area contributed by atoms with E-state index in [2.05, 4.69) is 6.92 Å². The number of ether oxygens (including phenoxy) is 3. The molecular formula is C24H40O7. The Hall–Kier alpha value is -1.22. The maximum absolute atomic E-state index is 10.6. The molecule has 6 atom stereocenters. The number of unbranched alkanes of at least 4 members (excludes halogenated alkanes) is 5. The molecule has 0 saturated carbocycles. The third kappa shape index (κ3) is 7.70. The molecule has 2 rings (SSSR count). The van der Waals surface area contributed by atoms with Crippen molar-refractivity contribution in [3.05, 3.63) is 30.3 Å². The predicted octanol–water partition coefficient (Wildman–Crippen LogP) is 2.29. The topological polar surface area (TPSA) is 109 Å². The van der Waals surface area contributed by atoms with Gasteiger partial charge in [0.15, 0.2) is 0 Å². The van der Waals surface area contributed by atoms with Gasteiger partial charge in [-0.2, -0.15) is 0 Å². The first kappa shape index (κ1) is 26.0. The fourth-order valence-electron chi connectivity index (χ4n) is 3.96. The molecule has 1 aromatic carbocycles. The molecule has 1 fully saturated rings. The van der Waals surface area contributed by atoms with E-state index in [1.807, 2.05) is 37.3 Å². The summed E-state index contributed by atoms with van der Waals surface area (Å²) in [5.41, 5.74) is -0.775. The number of benzene rings is 1. The lowest BCUT2D eigenvalue weighted by molar-refractivity contribution is -0.133. The maximum Gasteiger partial charge on any atom is 0.119 e. The van der Waals surface area contributed by atoms with Crippen LogP contribution in [0, 0.1) is 5.41 Å². The van der Waals surface area contributed by atoms with Crippen LogP contribution in [0.5, 0.6) is 5.75 Å². The Morgan fingerprint density at radius 2 is 1.68 bits per heavy atom. The fourth-order valence-corrected chi connectivity index (χ4v) is 3.96. The minimum atomic E-state index is -1.30. The molecule has 0 amide bonds. The monoisotopic (exact) mass is 440 g/mol. The number of aliphatic hydroxyl groups excluding tert-OH is 4. The summed E-state index contributed by atoms with van der Waals surface area (Å²) in [6, 6.07) is 9.34. The lowest BCUT2D eigenvalue weighted by Gasteiger charge is -2.36. The fraction of sp³-hybridized carbons (Fsp3) is 0.750. The van der Waals surface area contributed by atoms with E-state index < -0.39 is 42.5 Å². The standard InChI is InChI=1S/C24H40O7/c1-3-4-5-6-7-11-14-29-16-24(2,17-30-18-12-9-8-10-13-18)23-21(28)20(27)22(31-23)19(26)15-25/h8-10,12-13,19-23,25-28H,3-7,11,14-17H2,1-2H3/t19-,20?,21?,22-,23-,24?/m1/s1. The molecule has 178 valence electrons. The second kappa shape index (κ2) is 13.4. The minimum Gasteiger partial charge on any atom is -0.493 e. The molecule has 7 heteroatoms. The summed E-state index contributed by atoms with van der Waals surface area (Å²) in [4.78, 5) is 0. The third-order valence-corrected chi connectivity index (χ3v) is 5.94. The summed E-state index contributed by atoms with van der Waals surface area (Å²) < 4.78 is 17.7. The van der Waals surface area contributed by atoms with Crippen molar-refractivity contribution in [2.45, 2.75) is 82.9 Å². The van der Waals surface area contributed by atoms with Crippen LogP contribution in [0.25, 0.3) is 0 Å². The molecule has 0 bridgehead atoms. The van der Waals surface area contributed by atoms with Crippen molar-refractivity contribution in [2.24, 2.45) is 5.41 Å². The van der Waals surface area contributed by atoms with Crippen molar-refractivity contribution in [1.82, 2.24) is 0 Å². The second-order valence-corrected chi connectivity index (χ2v) is 8.83. The van der Waals surface area contributed by atoms with Crippen LogP contribution in [0.3, 0.4) is 0 Å². The Balaban J connectivity index is 1.98. The van der Waals surface area contributed by atoms with E-state index in [4.69, 9.17) is 14.2 Å². The first-order valence-electron chi connectivity index (χ1n) is 11.5. The highest BCUT2D eigenvalue weighted by Gasteiger charge is 2.53. The lowest BCUT2D eigenvalue weighted by Crippen LogP contribution is -2.48. The molecule has 1 aliphatic heterocycles. The molecule has 7 nitrogen and oxygen atoms in total. The van der Waals surface area contributed by atoms with Gasteiger partial charge in [-0.3, -0.25) is 0 Å². The summed E-state index contributed by atoms with van der Waals surface area (Å²) in [6.45, 7) is 4.58. The smallest absolute Gasteiger partial charge is 0.119 e. The Bertz CT molecular complexity index is 599. The van der Waals surface area contributed by atoms with Crippen molar-refractivity contribution >= 4 is 0 Å². The Kier molecular flexibility index (Phi) is 11.2. The predicted molar refractivity (Wildman–Crippen MR) is 118 cm³/mol. The van der Waals surface area contributed by atoms with Gasteiger partial charge in [0.25, 0.3) is 0 Å². The van der Waals surface area contributed by atoms with Crippen molar-refractivity contribution in [3.8, 4) is 5.75 Å². The Morgan fingerprint density at radius 1 is 1.00 bits per heavy atom. The number of rotatable bonds is 15. The summed E-state index contributed by atoms with van der Waals surface area (Å²) in [7, 11) is 0. The van der Waals surface area contributed by atoms with Crippen molar-refractivity contribution < 1.29 is 34.6 Å². The SMILES string of the molecule is CCCCCCCCOCC(C)(COc1ccccc1)[C@@H]1O[C@H]([C@H](O)CO)C(O)C1O. The van der Waals surface area contributed by atoms with Gasteiger partial charge >= 0.3 is 0 Å². The van der Waals surface area contributed by atoms with Gasteiger partial charge in [0.2, 0.25) is 0 Å². The summed E-state index contributed by atoms with van der Waals surface area (Å²) in [6.07, 6.45) is 1.30. The van der Waals surface area contributed by atoms with Crippen LogP contribution in [0.4, 0.5) is 0 Å². The molecule has 1 aromatic rings. The highest BCUT2D eigenvalue weighted by Crippen LogP contribution is 2.37. The van der Waals surface area contributed by atoms with E-state index in [1.54, 1.807) is 0 Å². The molecule has 1 aliphatic rings. The average Bonchev–Trinajstić information content (AvgIpc) is 3.09. The molecule has 1 saturated heterocycles. The number of aliphatic hydroxyl groups is 4. The van der Waals surface area contributed by atoms with E-state index in [0.717, 1.165) is 12.8 Å². The first-order valence-corrected chi connectivity index (χ1v) is 11.5. The van der Waals surface area contributed by atoms with Crippen LogP contribution in [-0.4, -0.2) is 77.4 Å². The molecule has 0 spiro atoms. The highest BCUT2D eigenvalue weighted by atomic mass is 16.6. The van der Waals surface area contributed by atoms with Gasteiger partial charge in [0.05, 0.1) is 31.3 Å². The van der Waals surface area contributed by atoms with E-state index in [9.17, 15) is 20.4 Å². The Labute approximate surface area is 186 Å². The van der Waals surface area contributed by atoms with Gasteiger partial charge in [-0.1, -0.05) is 64.2 Å². The van der Waals surface area contributed by atoms with Gasteiger partial charge in [-0.05, 0) is 18.6 Å². The van der Waals surface area contributed by atoms with E-state index in [0.29, 0.717) is 12.4 Å². The number of para-hydroxylation sites is 1. The van der Waals surface area contributed by atoms with Gasteiger partial charge in [-0.25, -0.2) is 0 Å². The summed E-state index contributed by atoms with van der Waals surface area (Å²) >= 11 is 0. The molecule has 1 heterocycles. The summed E-state index contributed by atoms with van der Waals surface area (Å²) in [5.74, 6) is 0.685. The van der Waals surface area contributed by atoms with Crippen molar-refractivity contribution in [1.29, 1.82) is 0 Å². The largest absolute Gasteiger partial charge is 0.493 e. The maximum atomic E-state index is 10.6. The molecule has 3 unspecified atom stereocenters. The molecule has 0 radical (unpaired) electrons. The third-order valence-electron chi connectivity index (χ3n) is 5.94. The molecule has 31 heavy (non-hydrogen) atoms. The van der Waals surface area contributed by atoms with Crippen LogP contribution in [0.1, 0.15) is 52.4 Å². The Morgan fingerprint density at radius 3 is 2.35 bits per heavy atom. The molecule has 0 aromatic heterocycles. The molecule has 4 N–H and O–H groups in total. The van der Waals surface area contributed by atoms with Crippen LogP contribution in [0.15, 0.2) is 30.3 Å². The minimum absolute atomic E-state index is 0.198. The second-order valence-electron chi connectivity index (χ2n) is 8.83. The highest BCUT2D eigenvalue weighted by molar-refractivity contribution is 5.21. The van der Waals surface area contributed by atoms with Crippen LogP contribution < -0.4 is 4.74 Å². The van der Waals surface area contributed by atoms with E-state index in [1.165, 1.54) is 25.7 Å². The quantitative estimate of drug-likeness (QED) is 0.310. The first-order chi connectivity index (χ1) is 14.9. The average molecular weight is 441 g/mol. The number of hydrogen-bond donors (Lipinski definition) is 4. The van der Waals surface area contributed by atoms with Gasteiger partial charge in [0, 0.05) is 6.61 Å². The molecular weight excluding hydrogens is 400 g/mol. The zero-order valence-electron chi connectivity index (χ0n) is 18.9. The summed E-state index contributed by atoms with van der Waals surface area (Å²) in [5, 5.41) is 40.2. The molecule has 0 aliphatic carbocycles. The zero-order valence-corrected chi connectivity index (χ0v) is 18.9. The van der Waals surface area contributed by atoms with Gasteiger partial charge in [0.1, 0.15) is 30.2 Å². The normalized spacial score (nSPS) is 26.5. The van der Waals surface area contributed by atoms with Crippen LogP contribution in [-0.2, 0) is 9.47 Å². The number of hydrogen-bond acceptors (Lipinski definition) is 7. The zero-order chi connectivity index (χ0) is 22.7. The van der Waals surface area contributed by atoms with Gasteiger partial charge in [-0.15, -0.1) is 0 Å². The van der Waals surface area contributed by atoms with Gasteiger partial charge < -0.3 is 34.6 Å². The van der Waals surface area contributed by atoms with Crippen LogP contribution in [0.2, 0.25) is 0 Å². The lowest BCUT2D eigenvalue weighted by atomic mass is 9.82.